The number of carbonyl (C=O) groups is 2. The number of para-hydroxylation sites is 2. The molecule has 2 amide bonds. The van der Waals surface area contributed by atoms with Crippen LogP contribution in [0.3, 0.4) is 0 Å². The minimum absolute atomic E-state index is 0.0875. The van der Waals surface area contributed by atoms with E-state index in [0.29, 0.717) is 39.9 Å². The van der Waals surface area contributed by atoms with Crippen LogP contribution in [-0.2, 0) is 0 Å². The van der Waals surface area contributed by atoms with Crippen LogP contribution in [0, 0.1) is 6.92 Å². The number of anilines is 3. The summed E-state index contributed by atoms with van der Waals surface area (Å²) in [4.78, 5) is 38.9. The highest BCUT2D eigenvalue weighted by Crippen LogP contribution is 2.29. The van der Waals surface area contributed by atoms with Gasteiger partial charge in [0.2, 0.25) is 0 Å². The number of hydrogen-bond acceptors (Lipinski definition) is 8. The van der Waals surface area contributed by atoms with Crippen molar-refractivity contribution in [3.8, 4) is 0 Å². The maximum absolute atomic E-state index is 13.2. The van der Waals surface area contributed by atoms with Crippen molar-refractivity contribution in [2.24, 2.45) is 0 Å². The zero-order chi connectivity index (χ0) is 25.7. The maximum Gasteiger partial charge on any atom is 0.260 e. The molecule has 2 N–H and O–H groups in total. The van der Waals surface area contributed by atoms with Gasteiger partial charge in [0.05, 0.1) is 28.5 Å². The first kappa shape index (κ1) is 25.2. The molecule has 186 valence electrons. The zero-order valence-electron chi connectivity index (χ0n) is 20.8. The van der Waals surface area contributed by atoms with Gasteiger partial charge in [-0.3, -0.25) is 14.6 Å². The highest BCUT2D eigenvalue weighted by molar-refractivity contribution is 7.10. The van der Waals surface area contributed by atoms with Crippen molar-refractivity contribution in [2.75, 3.05) is 44.9 Å². The molecule has 0 radical (unpaired) electrons. The molecule has 4 rings (SSSR count). The molecule has 0 aliphatic carbocycles. The fourth-order valence-corrected chi connectivity index (χ4v) is 4.53. The van der Waals surface area contributed by atoms with Crippen molar-refractivity contribution >= 4 is 50.9 Å². The fraction of sp³-hybridized carbons (Fsp3) is 0.269. The molecule has 0 bridgehead atoms. The molecule has 0 unspecified atom stereocenters. The van der Waals surface area contributed by atoms with Gasteiger partial charge in [0, 0.05) is 24.8 Å². The third-order valence-corrected chi connectivity index (χ3v) is 6.45. The number of nitrogens with zero attached hydrogens (tertiary/aromatic N) is 5. The first-order valence-corrected chi connectivity index (χ1v) is 12.4. The molecule has 2 aromatic carbocycles. The van der Waals surface area contributed by atoms with Gasteiger partial charge in [-0.05, 0) is 75.8 Å². The Kier molecular flexibility index (Phi) is 7.87. The lowest BCUT2D eigenvalue weighted by atomic mass is 10.1. The van der Waals surface area contributed by atoms with Gasteiger partial charge in [0.15, 0.2) is 0 Å². The van der Waals surface area contributed by atoms with Crippen molar-refractivity contribution in [2.45, 2.75) is 13.3 Å². The van der Waals surface area contributed by atoms with Crippen LogP contribution >= 0.6 is 11.5 Å². The number of aromatic nitrogens is 3. The van der Waals surface area contributed by atoms with Crippen LogP contribution < -0.4 is 10.6 Å². The zero-order valence-corrected chi connectivity index (χ0v) is 21.6. The van der Waals surface area contributed by atoms with E-state index in [2.05, 4.69) is 29.9 Å². The molecule has 4 aromatic rings. The summed E-state index contributed by atoms with van der Waals surface area (Å²) in [7, 11) is 5.81. The first-order valence-electron chi connectivity index (χ1n) is 11.6. The lowest BCUT2D eigenvalue weighted by Gasteiger charge is -2.19. The highest BCUT2D eigenvalue weighted by Gasteiger charge is 2.20. The first-order chi connectivity index (χ1) is 17.3. The molecule has 0 saturated heterocycles. The van der Waals surface area contributed by atoms with Crippen molar-refractivity contribution in [1.82, 2.24) is 24.1 Å². The van der Waals surface area contributed by atoms with Crippen LogP contribution in [0.5, 0.6) is 0 Å². The minimum Gasteiger partial charge on any atom is -0.342 e. The Labute approximate surface area is 214 Å². The quantitative estimate of drug-likeness (QED) is 0.349. The molecule has 0 spiro atoms. The molecule has 36 heavy (non-hydrogen) atoms. The second kappa shape index (κ2) is 11.2. The lowest BCUT2D eigenvalue weighted by molar-refractivity contribution is 0.0790. The molecular formula is C26H29N7O2S. The van der Waals surface area contributed by atoms with Gasteiger partial charge >= 0.3 is 0 Å². The monoisotopic (exact) mass is 503 g/mol. The van der Waals surface area contributed by atoms with Crippen LogP contribution in [0.25, 0.3) is 11.0 Å². The Balaban J connectivity index is 1.47. The summed E-state index contributed by atoms with van der Waals surface area (Å²) in [6.45, 7) is 3.34. The highest BCUT2D eigenvalue weighted by atomic mass is 32.1. The predicted octanol–water partition coefficient (Wildman–Crippen LogP) is 4.41. The molecule has 0 atom stereocenters. The largest absolute Gasteiger partial charge is 0.342 e. The molecule has 10 heteroatoms. The van der Waals surface area contributed by atoms with Gasteiger partial charge in [-0.2, -0.15) is 4.37 Å². The number of amides is 2. The molecular weight excluding hydrogens is 474 g/mol. The topological polar surface area (TPSA) is 103 Å². The summed E-state index contributed by atoms with van der Waals surface area (Å²) < 4.78 is 4.35. The van der Waals surface area contributed by atoms with Gasteiger partial charge in [0.25, 0.3) is 11.8 Å². The molecule has 0 saturated carbocycles. The average molecular weight is 504 g/mol. The number of carbonyl (C=O) groups excluding carboxylic acids is 2. The van der Waals surface area contributed by atoms with Crippen LogP contribution in [0.2, 0.25) is 0 Å². The number of aryl methyl sites for hydroxylation is 1. The molecule has 0 fully saturated rings. The summed E-state index contributed by atoms with van der Waals surface area (Å²) in [5.74, 6) is 0.119. The molecule has 2 heterocycles. The van der Waals surface area contributed by atoms with E-state index >= 15 is 0 Å². The number of nitrogens with one attached hydrogen (secondary N) is 2. The maximum atomic E-state index is 13.2. The number of rotatable bonds is 9. The van der Waals surface area contributed by atoms with Gasteiger partial charge in [-0.15, -0.1) is 0 Å². The Morgan fingerprint density at radius 1 is 1.00 bits per heavy atom. The van der Waals surface area contributed by atoms with Gasteiger partial charge in [-0.1, -0.05) is 18.2 Å². The number of benzene rings is 2. The van der Waals surface area contributed by atoms with Gasteiger partial charge < -0.3 is 20.4 Å². The van der Waals surface area contributed by atoms with Crippen LogP contribution in [-0.4, -0.2) is 70.2 Å². The minimum atomic E-state index is -0.318. The molecule has 2 aromatic heterocycles. The second-order valence-corrected chi connectivity index (χ2v) is 9.53. The average Bonchev–Trinajstić information content (AvgIpc) is 3.23. The van der Waals surface area contributed by atoms with Crippen LogP contribution in [0.1, 0.15) is 32.8 Å². The Morgan fingerprint density at radius 3 is 2.56 bits per heavy atom. The smallest absolute Gasteiger partial charge is 0.260 e. The van der Waals surface area contributed by atoms with Crippen molar-refractivity contribution in [3.63, 3.8) is 0 Å². The Hall–Kier alpha value is -3.89. The van der Waals surface area contributed by atoms with E-state index in [1.54, 1.807) is 49.3 Å². The van der Waals surface area contributed by atoms with E-state index in [1.807, 2.05) is 38.4 Å². The fourth-order valence-electron chi connectivity index (χ4n) is 3.73. The van der Waals surface area contributed by atoms with E-state index in [4.69, 9.17) is 0 Å². The van der Waals surface area contributed by atoms with Crippen LogP contribution in [0.15, 0.2) is 54.7 Å². The molecule has 0 aliphatic rings. The van der Waals surface area contributed by atoms with E-state index in [9.17, 15) is 9.59 Å². The number of fused-ring (bicyclic) bond motifs is 1. The van der Waals surface area contributed by atoms with Crippen LogP contribution in [0.4, 0.5) is 16.5 Å². The SMILES string of the molecule is Cc1nsc(Nc2cnc3ccccc3n2)c1C(=O)Nc1cccc(C(=O)N(C)CCCN(C)C)c1. The summed E-state index contributed by atoms with van der Waals surface area (Å²) in [5, 5.41) is 6.66. The van der Waals surface area contributed by atoms with E-state index in [-0.39, 0.29) is 11.8 Å². The Morgan fingerprint density at radius 2 is 1.78 bits per heavy atom. The van der Waals surface area contributed by atoms with Crippen molar-refractivity contribution in [1.29, 1.82) is 0 Å². The summed E-state index contributed by atoms with van der Waals surface area (Å²) in [6, 6.07) is 14.6. The summed E-state index contributed by atoms with van der Waals surface area (Å²) >= 11 is 1.18. The summed E-state index contributed by atoms with van der Waals surface area (Å²) in [5.41, 5.74) is 3.62. The van der Waals surface area contributed by atoms with Gasteiger partial charge in [-0.25, -0.2) is 4.98 Å². The number of hydrogen-bond donors (Lipinski definition) is 2. The van der Waals surface area contributed by atoms with Gasteiger partial charge in [0.1, 0.15) is 10.8 Å². The lowest BCUT2D eigenvalue weighted by Crippen LogP contribution is -2.29. The normalized spacial score (nSPS) is 11.0. The van der Waals surface area contributed by atoms with Crippen molar-refractivity contribution in [3.05, 3.63) is 71.5 Å². The van der Waals surface area contributed by atoms with Crippen molar-refractivity contribution < 1.29 is 9.59 Å². The third-order valence-electron chi connectivity index (χ3n) is 5.59. The van der Waals surface area contributed by atoms with E-state index in [0.717, 1.165) is 24.0 Å². The second-order valence-electron chi connectivity index (χ2n) is 8.76. The molecule has 0 aliphatic heterocycles. The van der Waals surface area contributed by atoms with E-state index in [1.165, 1.54) is 11.5 Å². The predicted molar refractivity (Wildman–Crippen MR) is 144 cm³/mol. The third kappa shape index (κ3) is 6.02. The Bertz CT molecular complexity index is 1390. The molecule has 9 nitrogen and oxygen atoms in total. The standard InChI is InChI=1S/C26H29N7O2S/c1-17-23(25(36-31-17)30-22-16-27-20-11-5-6-12-21(20)29-22)24(34)28-19-10-7-9-18(15-19)26(35)33(4)14-8-13-32(2)3/h5-7,9-12,15-16H,8,13-14H2,1-4H3,(H,28,34)(H,29,30). The summed E-state index contributed by atoms with van der Waals surface area (Å²) in [6.07, 6.45) is 2.51. The van der Waals surface area contributed by atoms with E-state index < -0.39 is 0 Å².